The third kappa shape index (κ3) is 1.72. The Balaban J connectivity index is 1.92. The van der Waals surface area contributed by atoms with Gasteiger partial charge in [-0.3, -0.25) is 0 Å². The number of alkyl halides is 2. The predicted molar refractivity (Wildman–Crippen MR) is 65.4 cm³/mol. The quantitative estimate of drug-likeness (QED) is 0.777. The maximum absolute atomic E-state index is 12.9. The van der Waals surface area contributed by atoms with Crippen LogP contribution in [0.2, 0.25) is 0 Å². The van der Waals surface area contributed by atoms with Gasteiger partial charge < -0.3 is 0 Å². The molecule has 2 aromatic heterocycles. The van der Waals surface area contributed by atoms with Crippen molar-refractivity contribution in [1.29, 1.82) is 0 Å². The molecule has 0 amide bonds. The molecule has 0 radical (unpaired) electrons. The van der Waals surface area contributed by atoms with Crippen LogP contribution in [0.1, 0.15) is 18.0 Å². The van der Waals surface area contributed by atoms with Gasteiger partial charge in [0.2, 0.25) is 0 Å². The summed E-state index contributed by atoms with van der Waals surface area (Å²) in [5.74, 6) is -3.19. The lowest BCUT2D eigenvalue weighted by atomic mass is 10.3. The highest BCUT2D eigenvalue weighted by Crippen LogP contribution is 2.56. The maximum atomic E-state index is 12.9. The molecular formula is C10H6BrF2NS2. The van der Waals surface area contributed by atoms with Crippen molar-refractivity contribution < 1.29 is 8.78 Å². The Morgan fingerprint density at radius 1 is 1.44 bits per heavy atom. The minimum atomic E-state index is -2.53. The normalized spacial score (nSPS) is 22.3. The molecule has 16 heavy (non-hydrogen) atoms. The molecule has 0 spiro atoms. The molecule has 0 saturated heterocycles. The highest BCUT2D eigenvalue weighted by Gasteiger charge is 2.58. The van der Waals surface area contributed by atoms with E-state index in [1.807, 2.05) is 11.4 Å². The van der Waals surface area contributed by atoms with Gasteiger partial charge in [0.15, 0.2) is 0 Å². The van der Waals surface area contributed by atoms with Crippen LogP contribution in [0, 0.1) is 0 Å². The fourth-order valence-electron chi connectivity index (χ4n) is 1.53. The van der Waals surface area contributed by atoms with E-state index in [0.29, 0.717) is 5.69 Å². The van der Waals surface area contributed by atoms with Gasteiger partial charge in [-0.2, -0.15) is 0 Å². The van der Waals surface area contributed by atoms with Crippen molar-refractivity contribution in [3.63, 3.8) is 0 Å². The summed E-state index contributed by atoms with van der Waals surface area (Å²) in [6.45, 7) is 0. The van der Waals surface area contributed by atoms with Crippen LogP contribution in [-0.4, -0.2) is 10.9 Å². The molecule has 1 aliphatic rings. The van der Waals surface area contributed by atoms with Crippen LogP contribution >= 0.6 is 38.6 Å². The average molecular weight is 322 g/mol. The Bertz CT molecular complexity index is 534. The summed E-state index contributed by atoms with van der Waals surface area (Å²) in [6.07, 6.45) is -0.0538. The molecule has 2 heterocycles. The van der Waals surface area contributed by atoms with Crippen LogP contribution in [0.15, 0.2) is 21.3 Å². The van der Waals surface area contributed by atoms with Gasteiger partial charge in [-0.1, -0.05) is 0 Å². The standard InChI is InChI=1S/C10H6BrF2NS2/c11-6-1-2-15-8(6)9-14-7(4-16-9)5-3-10(5,12)13/h1-2,4-5H,3H2. The van der Waals surface area contributed by atoms with Crippen molar-refractivity contribution in [2.45, 2.75) is 18.3 Å². The fourth-order valence-corrected chi connectivity index (χ4v) is 4.22. The topological polar surface area (TPSA) is 12.9 Å². The predicted octanol–water partition coefficient (Wildman–Crippen LogP) is 4.76. The summed E-state index contributed by atoms with van der Waals surface area (Å²) in [5.41, 5.74) is 0.533. The zero-order valence-electron chi connectivity index (χ0n) is 7.91. The Kier molecular flexibility index (Phi) is 2.42. The zero-order valence-corrected chi connectivity index (χ0v) is 11.1. The largest absolute Gasteiger partial charge is 0.257 e. The molecule has 0 N–H and O–H groups in total. The van der Waals surface area contributed by atoms with E-state index < -0.39 is 11.8 Å². The van der Waals surface area contributed by atoms with E-state index in [2.05, 4.69) is 20.9 Å². The molecule has 1 aliphatic carbocycles. The maximum Gasteiger partial charge on any atom is 0.257 e. The fraction of sp³-hybridized carbons (Fsp3) is 0.300. The smallest absolute Gasteiger partial charge is 0.240 e. The molecule has 1 nitrogen and oxygen atoms in total. The minimum absolute atomic E-state index is 0.0538. The van der Waals surface area contributed by atoms with Crippen molar-refractivity contribution in [2.24, 2.45) is 0 Å². The van der Waals surface area contributed by atoms with Gasteiger partial charge in [0.1, 0.15) is 5.01 Å². The lowest BCUT2D eigenvalue weighted by Gasteiger charge is -1.93. The van der Waals surface area contributed by atoms with Crippen molar-refractivity contribution >= 4 is 38.6 Å². The molecular weight excluding hydrogens is 316 g/mol. The van der Waals surface area contributed by atoms with Crippen molar-refractivity contribution in [3.05, 3.63) is 27.0 Å². The molecule has 1 fully saturated rings. The SMILES string of the molecule is FC1(F)CC1c1csc(-c2sccc2Br)n1. The molecule has 2 aromatic rings. The van der Waals surface area contributed by atoms with Gasteiger partial charge >= 0.3 is 0 Å². The van der Waals surface area contributed by atoms with E-state index >= 15 is 0 Å². The van der Waals surface area contributed by atoms with Gasteiger partial charge in [0, 0.05) is 16.3 Å². The molecule has 0 aliphatic heterocycles. The number of hydrogen-bond donors (Lipinski definition) is 0. The van der Waals surface area contributed by atoms with E-state index in [4.69, 9.17) is 0 Å². The molecule has 1 unspecified atom stereocenters. The Hall–Kier alpha value is -0.330. The van der Waals surface area contributed by atoms with Crippen molar-refractivity contribution in [1.82, 2.24) is 4.98 Å². The van der Waals surface area contributed by atoms with E-state index in [1.165, 1.54) is 11.3 Å². The second-order valence-corrected chi connectivity index (χ2v) is 6.32. The van der Waals surface area contributed by atoms with Gasteiger partial charge in [0.25, 0.3) is 5.92 Å². The van der Waals surface area contributed by atoms with Crippen molar-refractivity contribution in [2.75, 3.05) is 0 Å². The van der Waals surface area contributed by atoms with Crippen LogP contribution in [0.4, 0.5) is 8.78 Å². The van der Waals surface area contributed by atoms with E-state index in [1.54, 1.807) is 16.7 Å². The van der Waals surface area contributed by atoms with Gasteiger partial charge in [-0.25, -0.2) is 13.8 Å². The lowest BCUT2D eigenvalue weighted by molar-refractivity contribution is 0.111. The van der Waals surface area contributed by atoms with Crippen LogP contribution in [0.25, 0.3) is 9.88 Å². The first-order valence-electron chi connectivity index (χ1n) is 4.64. The number of thiazole rings is 1. The number of nitrogens with zero attached hydrogens (tertiary/aromatic N) is 1. The van der Waals surface area contributed by atoms with E-state index in [0.717, 1.165) is 14.4 Å². The molecule has 1 atom stereocenters. The summed E-state index contributed by atoms with van der Waals surface area (Å²) in [6, 6.07) is 1.94. The first-order chi connectivity index (χ1) is 7.58. The van der Waals surface area contributed by atoms with Crippen LogP contribution in [0.3, 0.4) is 0 Å². The molecule has 1 saturated carbocycles. The summed E-state index contributed by atoms with van der Waals surface area (Å²) >= 11 is 6.40. The van der Waals surface area contributed by atoms with Crippen LogP contribution < -0.4 is 0 Å². The highest BCUT2D eigenvalue weighted by molar-refractivity contribution is 9.10. The molecule has 3 rings (SSSR count). The number of thiophene rings is 1. The summed E-state index contributed by atoms with van der Waals surface area (Å²) < 4.78 is 26.7. The minimum Gasteiger partial charge on any atom is -0.240 e. The summed E-state index contributed by atoms with van der Waals surface area (Å²) in [4.78, 5) is 5.30. The zero-order chi connectivity index (χ0) is 11.3. The number of hydrogen-bond acceptors (Lipinski definition) is 3. The van der Waals surface area contributed by atoms with Gasteiger partial charge in [0.05, 0.1) is 16.5 Å². The second-order valence-electron chi connectivity index (χ2n) is 3.69. The van der Waals surface area contributed by atoms with Gasteiger partial charge in [-0.15, -0.1) is 22.7 Å². The molecule has 6 heteroatoms. The first-order valence-corrected chi connectivity index (χ1v) is 7.20. The highest BCUT2D eigenvalue weighted by atomic mass is 79.9. The Morgan fingerprint density at radius 3 is 2.75 bits per heavy atom. The first kappa shape index (κ1) is 10.8. The third-order valence-electron chi connectivity index (χ3n) is 2.52. The summed E-state index contributed by atoms with van der Waals surface area (Å²) in [7, 11) is 0. The van der Waals surface area contributed by atoms with Crippen LogP contribution in [-0.2, 0) is 0 Å². The number of rotatable bonds is 2. The van der Waals surface area contributed by atoms with Crippen LogP contribution in [0.5, 0.6) is 0 Å². The number of aromatic nitrogens is 1. The third-order valence-corrected chi connectivity index (χ3v) is 5.37. The van der Waals surface area contributed by atoms with Crippen molar-refractivity contribution in [3.8, 4) is 9.88 Å². The van der Waals surface area contributed by atoms with Gasteiger partial charge in [-0.05, 0) is 27.4 Å². The monoisotopic (exact) mass is 321 g/mol. The summed E-state index contributed by atoms with van der Waals surface area (Å²) in [5, 5.41) is 4.51. The Morgan fingerprint density at radius 2 is 2.19 bits per heavy atom. The average Bonchev–Trinajstić information content (AvgIpc) is 2.67. The lowest BCUT2D eigenvalue weighted by Crippen LogP contribution is -1.92. The molecule has 84 valence electrons. The second kappa shape index (κ2) is 3.58. The molecule has 0 bridgehead atoms. The van der Waals surface area contributed by atoms with E-state index in [-0.39, 0.29) is 6.42 Å². The Labute approximate surface area is 107 Å². The van der Waals surface area contributed by atoms with E-state index in [9.17, 15) is 8.78 Å². The number of halogens is 3. The molecule has 0 aromatic carbocycles.